The fourth-order valence-corrected chi connectivity index (χ4v) is 2.90. The molecule has 0 saturated carbocycles. The first-order valence-electron chi connectivity index (χ1n) is 5.86. The summed E-state index contributed by atoms with van der Waals surface area (Å²) in [6, 6.07) is 3.88. The molecule has 6 N–H and O–H groups in total. The highest BCUT2D eigenvalue weighted by atomic mass is 79.9. The number of hydrogen-bond acceptors (Lipinski definition) is 6. The van der Waals surface area contributed by atoms with E-state index >= 15 is 0 Å². The van der Waals surface area contributed by atoms with E-state index in [4.69, 9.17) is 11.5 Å². The number of carbonyl (C=O) groups is 2. The maximum Gasteiger partial charge on any atom is 0.200 e. The minimum absolute atomic E-state index is 0.0282. The molecule has 2 aromatic carbocycles. The first-order chi connectivity index (χ1) is 9.84. The normalized spacial score (nSPS) is 13.0. The van der Waals surface area contributed by atoms with E-state index in [2.05, 4.69) is 15.9 Å². The number of nitrogens with two attached hydrogens (primary N) is 2. The van der Waals surface area contributed by atoms with Crippen LogP contribution < -0.4 is 11.5 Å². The van der Waals surface area contributed by atoms with Gasteiger partial charge in [0, 0.05) is 11.4 Å². The van der Waals surface area contributed by atoms with Crippen molar-refractivity contribution in [3.63, 3.8) is 0 Å². The molecule has 7 heteroatoms. The third-order valence-electron chi connectivity index (χ3n) is 3.41. The summed E-state index contributed by atoms with van der Waals surface area (Å²) in [5, 5.41) is 19.9. The molecule has 0 unspecified atom stereocenters. The van der Waals surface area contributed by atoms with Crippen molar-refractivity contribution < 1.29 is 19.8 Å². The molecule has 1 aliphatic carbocycles. The first-order valence-corrected chi connectivity index (χ1v) is 6.65. The number of phenols is 2. The van der Waals surface area contributed by atoms with Crippen LogP contribution in [0.15, 0.2) is 22.7 Å². The Morgan fingerprint density at radius 2 is 1.43 bits per heavy atom. The van der Waals surface area contributed by atoms with Crippen LogP contribution in [0.2, 0.25) is 0 Å². The van der Waals surface area contributed by atoms with Crippen LogP contribution in [0.4, 0.5) is 11.4 Å². The standard InChI is InChI=1S/C14H9BrN2O4/c15-4-3-6(17)9-11(12(4)19)14(21)8-5(16)1-2-7(18)10(8)13(9)20/h1-3,18-19H,16-17H2. The largest absolute Gasteiger partial charge is 0.507 e. The van der Waals surface area contributed by atoms with Gasteiger partial charge >= 0.3 is 0 Å². The molecule has 106 valence electrons. The third-order valence-corrected chi connectivity index (χ3v) is 4.01. The predicted octanol–water partition coefficient (Wildman–Crippen LogP) is 1.80. The number of ketones is 2. The molecule has 21 heavy (non-hydrogen) atoms. The second kappa shape index (κ2) is 4.23. The van der Waals surface area contributed by atoms with Gasteiger partial charge in [-0.05, 0) is 34.1 Å². The number of fused-ring (bicyclic) bond motifs is 2. The quantitative estimate of drug-likeness (QED) is 0.362. The van der Waals surface area contributed by atoms with Crippen molar-refractivity contribution >= 4 is 38.9 Å². The minimum Gasteiger partial charge on any atom is -0.507 e. The molecular weight excluding hydrogens is 340 g/mol. The Hall–Kier alpha value is -2.54. The lowest BCUT2D eigenvalue weighted by Gasteiger charge is -2.22. The summed E-state index contributed by atoms with van der Waals surface area (Å²) in [5.41, 5.74) is 10.9. The maximum absolute atomic E-state index is 12.6. The molecule has 0 amide bonds. The Kier molecular flexibility index (Phi) is 2.70. The zero-order chi connectivity index (χ0) is 15.5. The summed E-state index contributed by atoms with van der Waals surface area (Å²) >= 11 is 3.07. The van der Waals surface area contributed by atoms with Gasteiger partial charge in [-0.3, -0.25) is 9.59 Å². The number of halogens is 1. The van der Waals surface area contributed by atoms with E-state index < -0.39 is 11.6 Å². The number of nitrogen functional groups attached to an aromatic ring is 2. The first kappa shape index (κ1) is 13.4. The third kappa shape index (κ3) is 1.64. The van der Waals surface area contributed by atoms with Crippen LogP contribution in [0.3, 0.4) is 0 Å². The fourth-order valence-electron chi connectivity index (χ4n) is 2.46. The monoisotopic (exact) mass is 348 g/mol. The van der Waals surface area contributed by atoms with Gasteiger partial charge in [0.1, 0.15) is 11.5 Å². The smallest absolute Gasteiger partial charge is 0.200 e. The van der Waals surface area contributed by atoms with E-state index in [1.807, 2.05) is 0 Å². The van der Waals surface area contributed by atoms with E-state index in [0.717, 1.165) is 0 Å². The van der Waals surface area contributed by atoms with Crippen LogP contribution in [-0.4, -0.2) is 21.8 Å². The molecule has 0 spiro atoms. The van der Waals surface area contributed by atoms with Gasteiger partial charge in [-0.2, -0.15) is 0 Å². The molecule has 0 heterocycles. The van der Waals surface area contributed by atoms with E-state index in [-0.39, 0.29) is 49.6 Å². The molecule has 0 aliphatic heterocycles. The molecule has 0 fully saturated rings. The van der Waals surface area contributed by atoms with Gasteiger partial charge in [0.25, 0.3) is 0 Å². The van der Waals surface area contributed by atoms with E-state index in [1.165, 1.54) is 18.2 Å². The Morgan fingerprint density at radius 1 is 0.857 bits per heavy atom. The average molecular weight is 349 g/mol. The van der Waals surface area contributed by atoms with E-state index in [1.54, 1.807) is 0 Å². The Morgan fingerprint density at radius 3 is 2.10 bits per heavy atom. The van der Waals surface area contributed by atoms with E-state index in [9.17, 15) is 19.8 Å². The van der Waals surface area contributed by atoms with Crippen LogP contribution in [0.1, 0.15) is 31.8 Å². The highest BCUT2D eigenvalue weighted by Crippen LogP contribution is 2.43. The Balaban J connectivity index is 2.47. The SMILES string of the molecule is Nc1ccc(O)c2c1C(=O)c1c(O)c(Br)cc(N)c1C2=O. The van der Waals surface area contributed by atoms with Gasteiger partial charge in [0.2, 0.25) is 11.6 Å². The molecule has 0 bridgehead atoms. The molecule has 3 rings (SSSR count). The number of carbonyl (C=O) groups excluding carboxylic acids is 2. The molecule has 0 radical (unpaired) electrons. The molecule has 2 aromatic rings. The molecule has 0 atom stereocenters. The van der Waals surface area contributed by atoms with Crippen molar-refractivity contribution in [3.8, 4) is 11.5 Å². The second-order valence-corrected chi connectivity index (χ2v) is 5.48. The number of benzene rings is 2. The van der Waals surface area contributed by atoms with Gasteiger partial charge in [0.05, 0.1) is 26.7 Å². The molecule has 6 nitrogen and oxygen atoms in total. The summed E-state index contributed by atoms with van der Waals surface area (Å²) in [4.78, 5) is 25.1. The van der Waals surface area contributed by atoms with Crippen LogP contribution in [-0.2, 0) is 0 Å². The summed E-state index contributed by atoms with van der Waals surface area (Å²) < 4.78 is 0.196. The van der Waals surface area contributed by atoms with E-state index in [0.29, 0.717) is 0 Å². The van der Waals surface area contributed by atoms with Crippen LogP contribution in [0, 0.1) is 0 Å². The van der Waals surface area contributed by atoms with Crippen molar-refractivity contribution in [2.24, 2.45) is 0 Å². The van der Waals surface area contributed by atoms with Gasteiger partial charge in [0.15, 0.2) is 0 Å². The van der Waals surface area contributed by atoms with Crippen molar-refractivity contribution in [2.75, 3.05) is 11.5 Å². The van der Waals surface area contributed by atoms with Gasteiger partial charge in [-0.25, -0.2) is 0 Å². The fraction of sp³-hybridized carbons (Fsp3) is 0. The van der Waals surface area contributed by atoms with Crippen molar-refractivity contribution in [2.45, 2.75) is 0 Å². The van der Waals surface area contributed by atoms with Crippen LogP contribution >= 0.6 is 15.9 Å². The molecule has 0 aromatic heterocycles. The molecular formula is C14H9BrN2O4. The number of aromatic hydroxyl groups is 2. The molecule has 0 saturated heterocycles. The van der Waals surface area contributed by atoms with Gasteiger partial charge in [-0.1, -0.05) is 0 Å². The maximum atomic E-state index is 12.6. The predicted molar refractivity (Wildman–Crippen MR) is 79.6 cm³/mol. The lowest BCUT2D eigenvalue weighted by Crippen LogP contribution is -2.24. The minimum atomic E-state index is -0.654. The van der Waals surface area contributed by atoms with Gasteiger partial charge in [-0.15, -0.1) is 0 Å². The number of phenolic OH excluding ortho intramolecular Hbond substituents is 2. The number of anilines is 2. The Labute approximate surface area is 127 Å². The lowest BCUT2D eigenvalue weighted by molar-refractivity contribution is 0.0975. The zero-order valence-corrected chi connectivity index (χ0v) is 12.1. The highest BCUT2D eigenvalue weighted by Gasteiger charge is 2.37. The Bertz CT molecular complexity index is 846. The molecule has 1 aliphatic rings. The number of hydrogen-bond donors (Lipinski definition) is 4. The summed E-state index contributed by atoms with van der Waals surface area (Å²) in [5.74, 6) is -2.04. The van der Waals surface area contributed by atoms with Crippen molar-refractivity contribution in [3.05, 3.63) is 44.9 Å². The topological polar surface area (TPSA) is 127 Å². The summed E-state index contributed by atoms with van der Waals surface area (Å²) in [6.45, 7) is 0. The average Bonchev–Trinajstić information content (AvgIpc) is 2.42. The second-order valence-electron chi connectivity index (χ2n) is 4.63. The lowest BCUT2D eigenvalue weighted by atomic mass is 9.81. The van der Waals surface area contributed by atoms with Crippen molar-refractivity contribution in [1.29, 1.82) is 0 Å². The highest BCUT2D eigenvalue weighted by molar-refractivity contribution is 9.10. The summed E-state index contributed by atoms with van der Waals surface area (Å²) in [7, 11) is 0. The van der Waals surface area contributed by atoms with Crippen LogP contribution in [0.5, 0.6) is 11.5 Å². The van der Waals surface area contributed by atoms with Crippen molar-refractivity contribution in [1.82, 2.24) is 0 Å². The summed E-state index contributed by atoms with van der Waals surface area (Å²) in [6.07, 6.45) is 0. The van der Waals surface area contributed by atoms with Gasteiger partial charge < -0.3 is 21.7 Å². The zero-order valence-electron chi connectivity index (χ0n) is 10.5. The number of rotatable bonds is 0. The van der Waals surface area contributed by atoms with Crippen LogP contribution in [0.25, 0.3) is 0 Å².